The van der Waals surface area contributed by atoms with Crippen LogP contribution >= 0.6 is 0 Å². The van der Waals surface area contributed by atoms with Crippen LogP contribution in [0.2, 0.25) is 0 Å². The molecule has 2 aromatic rings. The van der Waals surface area contributed by atoms with Gasteiger partial charge in [0.15, 0.2) is 0 Å². The molecule has 33 heavy (non-hydrogen) atoms. The highest BCUT2D eigenvalue weighted by atomic mass is 19.4. The highest BCUT2D eigenvalue weighted by Gasteiger charge is 2.44. The lowest BCUT2D eigenvalue weighted by Crippen LogP contribution is -2.48. The number of carboxylic acid groups (broad SMARTS) is 1. The Hall–Kier alpha value is -3.51. The van der Waals surface area contributed by atoms with Crippen molar-refractivity contribution in [1.82, 2.24) is 24.2 Å². The maximum absolute atomic E-state index is 12.6. The van der Waals surface area contributed by atoms with Crippen molar-refractivity contribution >= 4 is 11.9 Å². The quantitative estimate of drug-likeness (QED) is 0.644. The van der Waals surface area contributed by atoms with Crippen LogP contribution in [0.15, 0.2) is 34.0 Å². The molecule has 1 N–H and O–H groups in total. The van der Waals surface area contributed by atoms with E-state index in [0.29, 0.717) is 31.2 Å². The number of fused-ring (bicyclic) bond motifs is 2. The first kappa shape index (κ1) is 24.1. The van der Waals surface area contributed by atoms with Gasteiger partial charge in [0, 0.05) is 38.2 Å². The molecule has 1 saturated heterocycles. The van der Waals surface area contributed by atoms with Gasteiger partial charge in [-0.05, 0) is 31.4 Å². The number of nitrogens with zero attached hydrogens (tertiary/aromatic N) is 5. The fraction of sp³-hybridized carbons (Fsp3) is 0.500. The predicted octanol–water partition coefficient (Wildman–Crippen LogP) is 0.765. The van der Waals surface area contributed by atoms with Crippen LogP contribution in [0.3, 0.4) is 0 Å². The standard InChI is InChI=1S/C18H21N5O3.C2HF3O2/c1-13(24)21-9-5-18(6-10-21)7-11-22-15(25)16(26)23(20-17(18)22)12-14-4-2-3-8-19-14;3-2(4,5)1(6)7/h2-4,8H,5-7,9-12H2,1H3;(H,6,7). The zero-order valence-electron chi connectivity index (χ0n) is 17.7. The summed E-state index contributed by atoms with van der Waals surface area (Å²) in [5.74, 6) is -2.00. The second-order valence-corrected chi connectivity index (χ2v) is 7.90. The van der Waals surface area contributed by atoms with Crippen LogP contribution in [0.4, 0.5) is 13.2 Å². The van der Waals surface area contributed by atoms with Crippen molar-refractivity contribution in [2.24, 2.45) is 0 Å². The maximum Gasteiger partial charge on any atom is 0.490 e. The van der Waals surface area contributed by atoms with Gasteiger partial charge in [0.1, 0.15) is 5.82 Å². The molecule has 0 bridgehead atoms. The summed E-state index contributed by atoms with van der Waals surface area (Å²) in [6, 6.07) is 5.45. The number of rotatable bonds is 2. The summed E-state index contributed by atoms with van der Waals surface area (Å²) in [7, 11) is 0. The van der Waals surface area contributed by atoms with Gasteiger partial charge in [0.05, 0.1) is 12.2 Å². The van der Waals surface area contributed by atoms with Crippen molar-refractivity contribution in [3.63, 3.8) is 0 Å². The molecular formula is C20H22F3N5O5. The Kier molecular flexibility index (Phi) is 6.70. The molecule has 178 valence electrons. The number of carboxylic acids is 1. The summed E-state index contributed by atoms with van der Waals surface area (Å²) in [6.07, 6.45) is -1.12. The Balaban J connectivity index is 0.000000383. The molecular weight excluding hydrogens is 447 g/mol. The van der Waals surface area contributed by atoms with Crippen LogP contribution in [0.25, 0.3) is 0 Å². The van der Waals surface area contributed by atoms with Gasteiger partial charge < -0.3 is 10.0 Å². The monoisotopic (exact) mass is 469 g/mol. The largest absolute Gasteiger partial charge is 0.490 e. The molecule has 1 amide bonds. The van der Waals surface area contributed by atoms with E-state index in [1.807, 2.05) is 11.0 Å². The Morgan fingerprint density at radius 2 is 1.70 bits per heavy atom. The van der Waals surface area contributed by atoms with Crippen LogP contribution in [-0.2, 0) is 28.1 Å². The number of amides is 1. The van der Waals surface area contributed by atoms with Crippen LogP contribution < -0.4 is 11.1 Å². The smallest absolute Gasteiger partial charge is 0.475 e. The average molecular weight is 469 g/mol. The number of halogens is 3. The summed E-state index contributed by atoms with van der Waals surface area (Å²) >= 11 is 0. The predicted molar refractivity (Wildman–Crippen MR) is 108 cm³/mol. The van der Waals surface area contributed by atoms with E-state index in [1.165, 1.54) is 9.25 Å². The van der Waals surface area contributed by atoms with E-state index in [4.69, 9.17) is 9.90 Å². The van der Waals surface area contributed by atoms with Crippen LogP contribution in [-0.4, -0.2) is 60.5 Å². The van der Waals surface area contributed by atoms with Gasteiger partial charge in [0.2, 0.25) is 5.91 Å². The fourth-order valence-corrected chi connectivity index (χ4v) is 4.05. The van der Waals surface area contributed by atoms with Gasteiger partial charge in [-0.2, -0.15) is 18.3 Å². The van der Waals surface area contributed by atoms with E-state index in [-0.39, 0.29) is 17.9 Å². The Labute approximate surface area is 185 Å². The minimum Gasteiger partial charge on any atom is -0.475 e. The van der Waals surface area contributed by atoms with Gasteiger partial charge in [-0.15, -0.1) is 0 Å². The van der Waals surface area contributed by atoms with Crippen molar-refractivity contribution in [2.45, 2.75) is 50.9 Å². The van der Waals surface area contributed by atoms with E-state index >= 15 is 0 Å². The molecule has 0 atom stereocenters. The second kappa shape index (κ2) is 9.16. The maximum atomic E-state index is 12.6. The number of carbonyl (C=O) groups excluding carboxylic acids is 1. The lowest BCUT2D eigenvalue weighted by Gasteiger charge is -2.38. The van der Waals surface area contributed by atoms with Gasteiger partial charge >= 0.3 is 23.3 Å². The minimum atomic E-state index is -5.08. The van der Waals surface area contributed by atoms with Crippen molar-refractivity contribution in [3.05, 3.63) is 56.6 Å². The lowest BCUT2D eigenvalue weighted by molar-refractivity contribution is -0.192. The van der Waals surface area contributed by atoms with Crippen LogP contribution in [0, 0.1) is 0 Å². The molecule has 2 aliphatic rings. The van der Waals surface area contributed by atoms with Gasteiger partial charge in [0.25, 0.3) is 0 Å². The molecule has 1 fully saturated rings. The highest BCUT2D eigenvalue weighted by Crippen LogP contribution is 2.41. The molecule has 0 saturated carbocycles. The SMILES string of the molecule is CC(=O)N1CCC2(CC1)CCn1c2nn(Cc2ccccn2)c(=O)c1=O.O=C(O)C(F)(F)F. The Morgan fingerprint density at radius 1 is 1.09 bits per heavy atom. The topological polar surface area (TPSA) is 127 Å². The molecule has 0 radical (unpaired) electrons. The third kappa shape index (κ3) is 5.12. The van der Waals surface area contributed by atoms with E-state index in [1.54, 1.807) is 25.3 Å². The number of aliphatic carboxylic acids is 1. The number of pyridine rings is 1. The summed E-state index contributed by atoms with van der Waals surface area (Å²) in [6.45, 7) is 3.59. The van der Waals surface area contributed by atoms with Crippen molar-refractivity contribution in [1.29, 1.82) is 0 Å². The molecule has 2 aromatic heterocycles. The number of hydrogen-bond acceptors (Lipinski definition) is 6. The molecule has 4 rings (SSSR count). The van der Waals surface area contributed by atoms with Crippen LogP contribution in [0.1, 0.15) is 37.7 Å². The average Bonchev–Trinajstić information content (AvgIpc) is 3.10. The van der Waals surface area contributed by atoms with E-state index in [0.717, 1.165) is 19.3 Å². The minimum absolute atomic E-state index is 0.0725. The van der Waals surface area contributed by atoms with Crippen molar-refractivity contribution in [3.8, 4) is 0 Å². The summed E-state index contributed by atoms with van der Waals surface area (Å²) < 4.78 is 34.5. The number of likely N-dealkylation sites (tertiary alicyclic amines) is 1. The molecule has 10 nitrogen and oxygen atoms in total. The summed E-state index contributed by atoms with van der Waals surface area (Å²) in [4.78, 5) is 51.6. The molecule has 1 spiro atoms. The first-order chi connectivity index (χ1) is 15.4. The molecule has 13 heteroatoms. The third-order valence-electron chi connectivity index (χ3n) is 5.87. The lowest BCUT2D eigenvalue weighted by atomic mass is 9.76. The normalized spacial score (nSPS) is 16.7. The fourth-order valence-electron chi connectivity index (χ4n) is 4.05. The van der Waals surface area contributed by atoms with E-state index in [9.17, 15) is 27.6 Å². The van der Waals surface area contributed by atoms with Crippen LogP contribution in [0.5, 0.6) is 0 Å². The molecule has 0 aromatic carbocycles. The molecule has 4 heterocycles. The first-order valence-electron chi connectivity index (χ1n) is 10.1. The number of hydrogen-bond donors (Lipinski definition) is 1. The zero-order valence-corrected chi connectivity index (χ0v) is 17.7. The summed E-state index contributed by atoms with van der Waals surface area (Å²) in [5, 5.41) is 11.7. The van der Waals surface area contributed by atoms with Gasteiger partial charge in [-0.25, -0.2) is 9.48 Å². The first-order valence-corrected chi connectivity index (χ1v) is 10.1. The second-order valence-electron chi connectivity index (χ2n) is 7.90. The number of aromatic nitrogens is 4. The van der Waals surface area contributed by atoms with E-state index < -0.39 is 23.3 Å². The number of piperidine rings is 1. The molecule has 0 aliphatic carbocycles. The Bertz CT molecular complexity index is 1150. The number of alkyl halides is 3. The van der Waals surface area contributed by atoms with E-state index in [2.05, 4.69) is 10.1 Å². The molecule has 2 aliphatic heterocycles. The third-order valence-corrected chi connectivity index (χ3v) is 5.87. The molecule has 0 unspecified atom stereocenters. The highest BCUT2D eigenvalue weighted by molar-refractivity contribution is 5.73. The zero-order chi connectivity index (χ0) is 24.4. The van der Waals surface area contributed by atoms with Gasteiger partial charge in [-0.1, -0.05) is 6.07 Å². The summed E-state index contributed by atoms with van der Waals surface area (Å²) in [5.41, 5.74) is -0.677. The van der Waals surface area contributed by atoms with Crippen molar-refractivity contribution < 1.29 is 27.9 Å². The van der Waals surface area contributed by atoms with Crippen molar-refractivity contribution in [2.75, 3.05) is 13.1 Å². The Morgan fingerprint density at radius 3 is 2.21 bits per heavy atom. The number of carbonyl (C=O) groups is 2. The van der Waals surface area contributed by atoms with Gasteiger partial charge in [-0.3, -0.25) is 23.9 Å².